The largest absolute Gasteiger partial charge is 0.468 e. The summed E-state index contributed by atoms with van der Waals surface area (Å²) >= 11 is 0. The summed E-state index contributed by atoms with van der Waals surface area (Å²) in [5.74, 6) is 0. The van der Waals surface area contributed by atoms with E-state index in [0.717, 1.165) is 89.9 Å². The van der Waals surface area contributed by atoms with E-state index in [1.54, 1.807) is 0 Å². The molecule has 4 heterocycles. The molecule has 0 saturated heterocycles. The van der Waals surface area contributed by atoms with Crippen LogP contribution in [-0.4, -0.2) is 22.9 Å². The van der Waals surface area contributed by atoms with Crippen molar-refractivity contribution in [1.82, 2.24) is 0 Å². The van der Waals surface area contributed by atoms with Crippen molar-refractivity contribution in [3.63, 3.8) is 0 Å². The van der Waals surface area contributed by atoms with Gasteiger partial charge in [0, 0.05) is 44.9 Å². The first-order chi connectivity index (χ1) is 32.3. The molecule has 0 fully saturated rings. The zero-order valence-electron chi connectivity index (χ0n) is 41.7. The van der Waals surface area contributed by atoms with Crippen LogP contribution in [0.2, 0.25) is 39.3 Å². The van der Waals surface area contributed by atoms with E-state index in [-0.39, 0.29) is 17.5 Å². The van der Waals surface area contributed by atoms with Gasteiger partial charge in [0.1, 0.15) is 22.5 Å². The van der Waals surface area contributed by atoms with Crippen molar-refractivity contribution >= 4 is 123 Å². The molecule has 68 heavy (non-hydrogen) atoms. The summed E-state index contributed by atoms with van der Waals surface area (Å²) in [5, 5.41) is 4.89. The van der Waals surface area contributed by atoms with Crippen LogP contribution in [0.4, 0.5) is 51.2 Å². The predicted octanol–water partition coefficient (Wildman–Crippen LogP) is 14.4. The van der Waals surface area contributed by atoms with Gasteiger partial charge in [-0.3, -0.25) is 0 Å². The molecule has 0 bridgehead atoms. The average molecular weight is 924 g/mol. The maximum atomic E-state index is 7.60. The first-order valence-electron chi connectivity index (χ1n) is 24.3. The SMILES string of the molecule is CC(C)(C)c1ccc(N2c3cc(N(c4ccccc4)c4ccccc4)cc4c3B(c3oc5c([Si](C)(C)C)cccc5c32)c2oc3c([Si](C)(C)C)cccc3c2N4c2ccc(C(C)(C)C)cc2)cc1. The lowest BCUT2D eigenvalue weighted by atomic mass is 9.37. The zero-order valence-corrected chi connectivity index (χ0v) is 43.7. The highest BCUT2D eigenvalue weighted by Crippen LogP contribution is 2.51. The molecule has 0 amide bonds. The molecule has 8 heteroatoms. The fourth-order valence-corrected chi connectivity index (χ4v) is 13.6. The summed E-state index contributed by atoms with van der Waals surface area (Å²) in [5.41, 5.74) is 17.3. The van der Waals surface area contributed by atoms with E-state index >= 15 is 0 Å². The predicted molar refractivity (Wildman–Crippen MR) is 298 cm³/mol. The Bertz CT molecular complexity index is 3160. The molecular weight excluding hydrogens is 862 g/mol. The Labute approximate surface area is 405 Å². The van der Waals surface area contributed by atoms with E-state index in [0.29, 0.717) is 0 Å². The molecule has 340 valence electrons. The summed E-state index contributed by atoms with van der Waals surface area (Å²) in [6, 6.07) is 58.6. The van der Waals surface area contributed by atoms with Crippen LogP contribution in [0, 0.1) is 0 Å². The van der Waals surface area contributed by atoms with Crippen LogP contribution in [0.5, 0.6) is 0 Å². The molecule has 0 aliphatic carbocycles. The molecule has 0 N–H and O–H groups in total. The molecular formula is C60H62BN3O2Si2. The topological polar surface area (TPSA) is 36.0 Å². The van der Waals surface area contributed by atoms with Gasteiger partial charge in [-0.25, -0.2) is 0 Å². The van der Waals surface area contributed by atoms with Crippen LogP contribution < -0.4 is 41.9 Å². The van der Waals surface area contributed by atoms with E-state index in [1.165, 1.54) is 21.5 Å². The van der Waals surface area contributed by atoms with E-state index < -0.39 is 16.1 Å². The van der Waals surface area contributed by atoms with Crippen LogP contribution >= 0.6 is 0 Å². The Hall–Kier alpha value is -6.48. The number of anilines is 9. The Morgan fingerprint density at radius 2 is 0.824 bits per heavy atom. The van der Waals surface area contributed by atoms with Gasteiger partial charge in [0.05, 0.1) is 33.2 Å². The van der Waals surface area contributed by atoms with E-state index in [2.05, 4.69) is 253 Å². The Morgan fingerprint density at radius 1 is 0.441 bits per heavy atom. The van der Waals surface area contributed by atoms with Gasteiger partial charge in [0.25, 0.3) is 0 Å². The summed E-state index contributed by atoms with van der Waals surface area (Å²) in [4.78, 5) is 7.43. The Morgan fingerprint density at radius 3 is 1.18 bits per heavy atom. The first-order valence-corrected chi connectivity index (χ1v) is 31.3. The van der Waals surface area contributed by atoms with Gasteiger partial charge in [-0.05, 0) is 111 Å². The monoisotopic (exact) mass is 923 g/mol. The number of benzene rings is 7. The lowest BCUT2D eigenvalue weighted by molar-refractivity contribution is 0.590. The molecule has 9 aromatic rings. The number of para-hydroxylation sites is 4. The third-order valence-electron chi connectivity index (χ3n) is 14.2. The lowest BCUT2D eigenvalue weighted by Gasteiger charge is -2.42. The van der Waals surface area contributed by atoms with Gasteiger partial charge in [0.2, 0.25) is 0 Å². The minimum Gasteiger partial charge on any atom is -0.468 e. The fraction of sp³-hybridized carbons (Fsp3) is 0.233. The second-order valence-corrected chi connectivity index (χ2v) is 33.2. The molecule has 7 aromatic carbocycles. The number of furan rings is 2. The Balaban J connectivity index is 1.32. The standard InChI is InChI=1S/C60H62BN3O2Si2/c1-59(2,3)39-29-33-43(34-30-39)63-48-37-45(62(41-21-15-13-16-22-41)42-23-17-14-18-24-42)38-49-52(48)61(57-53(63)46-25-19-27-50(55(46)65-57)67(7,8)9)58-54(47-26-20-28-51(56(47)66-58)68(10,11)12)64(49)44-35-31-40(32-36-44)60(4,5)6/h13-38H,1-12H3. The smallest absolute Gasteiger partial charge is 0.342 e. The quantitative estimate of drug-likeness (QED) is 0.149. The molecule has 5 nitrogen and oxygen atoms in total. The zero-order chi connectivity index (χ0) is 47.7. The molecule has 0 spiro atoms. The number of hydrogen-bond acceptors (Lipinski definition) is 5. The van der Waals surface area contributed by atoms with Gasteiger partial charge in [-0.15, -0.1) is 0 Å². The second-order valence-electron chi connectivity index (χ2n) is 23.1. The van der Waals surface area contributed by atoms with Gasteiger partial charge in [-0.2, -0.15) is 0 Å². The average Bonchev–Trinajstić information content (AvgIpc) is 3.88. The number of fused-ring (bicyclic) bond motifs is 8. The number of rotatable bonds is 7. The van der Waals surface area contributed by atoms with Crippen LogP contribution in [0.3, 0.4) is 0 Å². The highest BCUT2D eigenvalue weighted by molar-refractivity contribution is 7.00. The van der Waals surface area contributed by atoms with Gasteiger partial charge in [-0.1, -0.05) is 166 Å². The van der Waals surface area contributed by atoms with Gasteiger partial charge < -0.3 is 23.5 Å². The van der Waals surface area contributed by atoms with Crippen molar-refractivity contribution in [3.05, 3.63) is 169 Å². The van der Waals surface area contributed by atoms with E-state index in [4.69, 9.17) is 8.83 Å². The molecule has 2 aromatic heterocycles. The van der Waals surface area contributed by atoms with Gasteiger partial charge in [0.15, 0.2) is 0 Å². The molecule has 0 unspecified atom stereocenters. The lowest BCUT2D eigenvalue weighted by Crippen LogP contribution is -2.60. The van der Waals surface area contributed by atoms with Crippen LogP contribution in [0.1, 0.15) is 52.7 Å². The summed E-state index contributed by atoms with van der Waals surface area (Å²) in [6.07, 6.45) is 0. The van der Waals surface area contributed by atoms with Crippen molar-refractivity contribution in [1.29, 1.82) is 0 Å². The molecule has 0 atom stereocenters. The van der Waals surface area contributed by atoms with Crippen LogP contribution in [0.15, 0.2) is 167 Å². The highest BCUT2D eigenvalue weighted by atomic mass is 28.3. The highest BCUT2D eigenvalue weighted by Gasteiger charge is 2.51. The molecule has 0 radical (unpaired) electrons. The first kappa shape index (κ1) is 44.1. The normalized spacial score (nSPS) is 13.8. The van der Waals surface area contributed by atoms with Gasteiger partial charge >= 0.3 is 6.71 Å². The summed E-state index contributed by atoms with van der Waals surface area (Å²) in [6.45, 7) is 27.9. The molecule has 11 rings (SSSR count). The van der Waals surface area contributed by atoms with Crippen molar-refractivity contribution in [3.8, 4) is 0 Å². The summed E-state index contributed by atoms with van der Waals surface area (Å²) in [7, 11) is -3.79. The van der Waals surface area contributed by atoms with Crippen molar-refractivity contribution in [2.45, 2.75) is 91.7 Å². The minimum absolute atomic E-state index is 0.00823. The van der Waals surface area contributed by atoms with Crippen molar-refractivity contribution in [2.24, 2.45) is 0 Å². The third-order valence-corrected chi connectivity index (χ3v) is 18.2. The van der Waals surface area contributed by atoms with Crippen LogP contribution in [-0.2, 0) is 10.8 Å². The number of hydrogen-bond donors (Lipinski definition) is 0. The summed E-state index contributed by atoms with van der Waals surface area (Å²) < 4.78 is 15.2. The minimum atomic E-state index is -1.90. The van der Waals surface area contributed by atoms with Crippen molar-refractivity contribution < 1.29 is 8.83 Å². The van der Waals surface area contributed by atoms with E-state index in [9.17, 15) is 0 Å². The van der Waals surface area contributed by atoms with E-state index in [1.807, 2.05) is 0 Å². The second kappa shape index (κ2) is 15.5. The molecule has 2 aliphatic heterocycles. The Kier molecular flexibility index (Phi) is 10.1. The fourth-order valence-electron chi connectivity index (χ4n) is 10.7. The third kappa shape index (κ3) is 7.09. The maximum absolute atomic E-state index is 7.60. The number of nitrogens with zero attached hydrogens (tertiary/aromatic N) is 3. The van der Waals surface area contributed by atoms with Crippen molar-refractivity contribution in [2.75, 3.05) is 14.7 Å². The maximum Gasteiger partial charge on any atom is 0.342 e. The molecule has 0 saturated carbocycles. The van der Waals surface area contributed by atoms with Crippen LogP contribution in [0.25, 0.3) is 21.9 Å². The molecule has 2 aliphatic rings.